The summed E-state index contributed by atoms with van der Waals surface area (Å²) in [6.07, 6.45) is 1.77. The van der Waals surface area contributed by atoms with Gasteiger partial charge < -0.3 is 5.73 Å². The van der Waals surface area contributed by atoms with Gasteiger partial charge >= 0.3 is 0 Å². The molecule has 1 aromatic carbocycles. The molecule has 0 unspecified atom stereocenters. The molecule has 0 aromatic heterocycles. The fraction of sp³-hybridized carbons (Fsp3) is 0.400. The Hall–Kier alpha value is -0.860. The molecule has 0 saturated heterocycles. The van der Waals surface area contributed by atoms with E-state index in [0.29, 0.717) is 13.1 Å². The predicted octanol–water partition coefficient (Wildman–Crippen LogP) is 1.01. The Morgan fingerprint density at radius 1 is 1.08 bits per heavy atom. The number of nitrogens with one attached hydrogen (secondary N) is 1. The van der Waals surface area contributed by atoms with Crippen molar-refractivity contribution in [3.8, 4) is 0 Å². The van der Waals surface area contributed by atoms with Crippen LogP contribution in [0.4, 0.5) is 0 Å². The zero-order valence-electron chi connectivity index (χ0n) is 7.22. The van der Waals surface area contributed by atoms with Crippen molar-refractivity contribution in [2.24, 2.45) is 5.73 Å². The molecule has 0 spiro atoms. The van der Waals surface area contributed by atoms with Gasteiger partial charge in [-0.1, -0.05) is 24.3 Å². The van der Waals surface area contributed by atoms with Crippen LogP contribution in [0, 0.1) is 0 Å². The fourth-order valence-corrected chi connectivity index (χ4v) is 1.34. The normalized spacial score (nSPS) is 10.2. The third kappa shape index (κ3) is 2.32. The van der Waals surface area contributed by atoms with E-state index in [2.05, 4.69) is 12.1 Å². The van der Waals surface area contributed by atoms with Gasteiger partial charge in [-0.3, -0.25) is 5.73 Å². The smallest absolute Gasteiger partial charge is 0.0140 e. The van der Waals surface area contributed by atoms with Crippen molar-refractivity contribution in [1.29, 1.82) is 0 Å². The summed E-state index contributed by atoms with van der Waals surface area (Å²) in [7, 11) is 0. The van der Waals surface area contributed by atoms with E-state index in [0.717, 1.165) is 12.8 Å². The lowest BCUT2D eigenvalue weighted by molar-refractivity contribution is 0.893. The molecule has 0 saturated carbocycles. The summed E-state index contributed by atoms with van der Waals surface area (Å²) >= 11 is 0. The standard InChI is InChI=1S/C10H15N2/c11-7-5-9-3-1-2-4-10(9)6-8-12/h1-4,11H,5-8,12H2. The van der Waals surface area contributed by atoms with Crippen LogP contribution < -0.4 is 11.5 Å². The molecule has 2 heteroatoms. The molecule has 0 bridgehead atoms. The highest BCUT2D eigenvalue weighted by molar-refractivity contribution is 5.27. The molecule has 0 aliphatic carbocycles. The van der Waals surface area contributed by atoms with E-state index in [1.165, 1.54) is 11.1 Å². The van der Waals surface area contributed by atoms with E-state index < -0.39 is 0 Å². The van der Waals surface area contributed by atoms with Gasteiger partial charge in [0.1, 0.15) is 0 Å². The average Bonchev–Trinajstić information content (AvgIpc) is 2.09. The van der Waals surface area contributed by atoms with Gasteiger partial charge in [0, 0.05) is 6.54 Å². The fourth-order valence-electron chi connectivity index (χ4n) is 1.34. The molecule has 0 aliphatic heterocycles. The SMILES string of the molecule is [NH]CCc1ccccc1CCN. The van der Waals surface area contributed by atoms with Gasteiger partial charge in [-0.15, -0.1) is 0 Å². The zero-order valence-corrected chi connectivity index (χ0v) is 7.22. The van der Waals surface area contributed by atoms with Crippen molar-refractivity contribution in [3.63, 3.8) is 0 Å². The Bertz CT molecular complexity index is 208. The van der Waals surface area contributed by atoms with Crippen LogP contribution in [-0.4, -0.2) is 13.1 Å². The number of benzene rings is 1. The summed E-state index contributed by atoms with van der Waals surface area (Å²) in [5, 5.41) is 0. The molecule has 0 heterocycles. The lowest BCUT2D eigenvalue weighted by Crippen LogP contribution is -2.06. The summed E-state index contributed by atoms with van der Waals surface area (Å²) in [5.41, 5.74) is 15.2. The first-order valence-electron chi connectivity index (χ1n) is 4.30. The van der Waals surface area contributed by atoms with Gasteiger partial charge in [0.05, 0.1) is 0 Å². The second kappa shape index (κ2) is 4.91. The van der Waals surface area contributed by atoms with Crippen LogP contribution in [0.3, 0.4) is 0 Å². The second-order valence-electron chi connectivity index (χ2n) is 2.81. The molecular weight excluding hydrogens is 148 g/mol. The quantitative estimate of drug-likeness (QED) is 0.707. The highest BCUT2D eigenvalue weighted by Crippen LogP contribution is 2.09. The Labute approximate surface area is 73.6 Å². The number of nitrogens with two attached hydrogens (primary N) is 1. The lowest BCUT2D eigenvalue weighted by Gasteiger charge is -2.05. The van der Waals surface area contributed by atoms with Crippen LogP contribution in [-0.2, 0) is 12.8 Å². The summed E-state index contributed by atoms with van der Waals surface area (Å²) in [6.45, 7) is 1.15. The van der Waals surface area contributed by atoms with E-state index in [4.69, 9.17) is 11.5 Å². The molecule has 0 amide bonds. The van der Waals surface area contributed by atoms with Crippen molar-refractivity contribution in [2.75, 3.05) is 13.1 Å². The first kappa shape index (κ1) is 9.23. The first-order chi connectivity index (χ1) is 5.88. The molecular formula is C10H15N2. The van der Waals surface area contributed by atoms with E-state index in [1.54, 1.807) is 0 Å². The number of hydrogen-bond donors (Lipinski definition) is 1. The van der Waals surface area contributed by atoms with Crippen molar-refractivity contribution < 1.29 is 0 Å². The maximum Gasteiger partial charge on any atom is 0.0140 e. The topological polar surface area (TPSA) is 49.8 Å². The van der Waals surface area contributed by atoms with Gasteiger partial charge in [-0.25, -0.2) is 0 Å². The maximum atomic E-state index is 7.14. The molecule has 0 aliphatic rings. The van der Waals surface area contributed by atoms with E-state index >= 15 is 0 Å². The van der Waals surface area contributed by atoms with Crippen LogP contribution in [0.5, 0.6) is 0 Å². The molecule has 0 fully saturated rings. The van der Waals surface area contributed by atoms with E-state index in [9.17, 15) is 0 Å². The van der Waals surface area contributed by atoms with Crippen LogP contribution in [0.2, 0.25) is 0 Å². The summed E-state index contributed by atoms with van der Waals surface area (Å²) in [4.78, 5) is 0. The Morgan fingerprint density at radius 2 is 1.67 bits per heavy atom. The summed E-state index contributed by atoms with van der Waals surface area (Å²) in [5.74, 6) is 0. The highest BCUT2D eigenvalue weighted by atomic mass is 14.5. The Balaban J connectivity index is 2.77. The molecule has 3 N–H and O–H groups in total. The minimum Gasteiger partial charge on any atom is -0.330 e. The molecule has 65 valence electrons. The molecule has 1 aromatic rings. The van der Waals surface area contributed by atoms with Crippen LogP contribution in [0.15, 0.2) is 24.3 Å². The van der Waals surface area contributed by atoms with Crippen molar-refractivity contribution >= 4 is 0 Å². The highest BCUT2D eigenvalue weighted by Gasteiger charge is 1.98. The van der Waals surface area contributed by atoms with Crippen molar-refractivity contribution in [3.05, 3.63) is 35.4 Å². The first-order valence-corrected chi connectivity index (χ1v) is 4.30. The van der Waals surface area contributed by atoms with Crippen LogP contribution in [0.1, 0.15) is 11.1 Å². The molecule has 1 rings (SSSR count). The van der Waals surface area contributed by atoms with E-state index in [1.807, 2.05) is 12.1 Å². The monoisotopic (exact) mass is 163 g/mol. The molecule has 2 nitrogen and oxygen atoms in total. The second-order valence-corrected chi connectivity index (χ2v) is 2.81. The van der Waals surface area contributed by atoms with E-state index in [-0.39, 0.29) is 0 Å². The Kier molecular flexibility index (Phi) is 3.77. The lowest BCUT2D eigenvalue weighted by atomic mass is 10.0. The Morgan fingerprint density at radius 3 is 2.17 bits per heavy atom. The predicted molar refractivity (Wildman–Crippen MR) is 50.9 cm³/mol. The molecule has 12 heavy (non-hydrogen) atoms. The van der Waals surface area contributed by atoms with Gasteiger partial charge in [-0.05, 0) is 30.5 Å². The number of hydrogen-bond acceptors (Lipinski definition) is 1. The zero-order chi connectivity index (χ0) is 8.81. The molecule has 1 radical (unpaired) electrons. The van der Waals surface area contributed by atoms with Crippen LogP contribution in [0.25, 0.3) is 0 Å². The van der Waals surface area contributed by atoms with Gasteiger partial charge in [0.25, 0.3) is 0 Å². The average molecular weight is 163 g/mol. The van der Waals surface area contributed by atoms with Gasteiger partial charge in [0.15, 0.2) is 0 Å². The number of rotatable bonds is 4. The van der Waals surface area contributed by atoms with Crippen LogP contribution >= 0.6 is 0 Å². The largest absolute Gasteiger partial charge is 0.330 e. The minimum atomic E-state index is 0.460. The van der Waals surface area contributed by atoms with Crippen molar-refractivity contribution in [2.45, 2.75) is 12.8 Å². The summed E-state index contributed by atoms with van der Waals surface area (Å²) in [6, 6.07) is 8.22. The third-order valence-electron chi connectivity index (χ3n) is 1.93. The maximum absolute atomic E-state index is 7.14. The molecule has 0 atom stereocenters. The minimum absolute atomic E-state index is 0.460. The van der Waals surface area contributed by atoms with Crippen molar-refractivity contribution in [1.82, 2.24) is 5.73 Å². The summed E-state index contributed by atoms with van der Waals surface area (Å²) < 4.78 is 0. The van der Waals surface area contributed by atoms with Gasteiger partial charge in [-0.2, -0.15) is 0 Å². The van der Waals surface area contributed by atoms with Gasteiger partial charge in [0.2, 0.25) is 0 Å². The third-order valence-corrected chi connectivity index (χ3v) is 1.93.